The van der Waals surface area contributed by atoms with Gasteiger partial charge >= 0.3 is 18.1 Å². The van der Waals surface area contributed by atoms with E-state index in [1.54, 1.807) is 6.20 Å². The first-order valence-corrected chi connectivity index (χ1v) is 8.14. The number of carboxylic acid groups (broad SMARTS) is 1. The van der Waals surface area contributed by atoms with Crippen molar-refractivity contribution in [3.63, 3.8) is 0 Å². The van der Waals surface area contributed by atoms with Gasteiger partial charge in [-0.15, -0.1) is 0 Å². The molecule has 0 aromatic carbocycles. The van der Waals surface area contributed by atoms with E-state index in [-0.39, 0.29) is 5.69 Å². The zero-order valence-corrected chi connectivity index (χ0v) is 15.4. The zero-order valence-electron chi connectivity index (χ0n) is 15.4. The van der Waals surface area contributed by atoms with Crippen LogP contribution in [0.15, 0.2) is 12.4 Å². The second-order valence-electron chi connectivity index (χ2n) is 6.21. The number of methoxy groups -OCH3 is 1. The summed E-state index contributed by atoms with van der Waals surface area (Å²) >= 11 is 0. The number of carboxylic acids is 1. The quantitative estimate of drug-likeness (QED) is 0.774. The van der Waals surface area contributed by atoms with Gasteiger partial charge < -0.3 is 19.6 Å². The molecule has 0 aliphatic carbocycles. The number of alkyl halides is 3. The van der Waals surface area contributed by atoms with Crippen LogP contribution in [0.2, 0.25) is 0 Å². The van der Waals surface area contributed by atoms with Crippen LogP contribution in [0.1, 0.15) is 23.3 Å². The zero-order chi connectivity index (χ0) is 20.6. The Bertz CT molecular complexity index is 642. The molecule has 1 fully saturated rings. The molecular formula is C16H23F3N4O4. The van der Waals surface area contributed by atoms with Crippen LogP contribution in [0, 0.1) is 5.92 Å². The Labute approximate surface area is 154 Å². The van der Waals surface area contributed by atoms with Crippen molar-refractivity contribution in [2.45, 2.75) is 19.0 Å². The lowest BCUT2D eigenvalue weighted by molar-refractivity contribution is -0.192. The molecule has 152 valence electrons. The first-order valence-electron chi connectivity index (χ1n) is 8.14. The van der Waals surface area contributed by atoms with E-state index in [0.29, 0.717) is 11.7 Å². The van der Waals surface area contributed by atoms with E-state index in [1.807, 2.05) is 7.05 Å². The first kappa shape index (κ1) is 22.6. The van der Waals surface area contributed by atoms with Crippen molar-refractivity contribution in [2.75, 3.05) is 45.7 Å². The highest BCUT2D eigenvalue weighted by atomic mass is 19.4. The van der Waals surface area contributed by atoms with E-state index in [0.717, 1.165) is 13.1 Å². The number of likely N-dealkylation sites (tertiary alicyclic amines) is 1. The number of nitrogens with zero attached hydrogens (tertiary/aromatic N) is 4. The van der Waals surface area contributed by atoms with Gasteiger partial charge in [-0.25, -0.2) is 14.6 Å². The molecule has 1 aliphatic heterocycles. The first-order chi connectivity index (χ1) is 12.5. The molecule has 8 nitrogen and oxygen atoms in total. The number of carbonyl (C=O) groups is 2. The van der Waals surface area contributed by atoms with E-state index in [9.17, 15) is 18.0 Å². The number of hydrogen-bond acceptors (Lipinski definition) is 7. The van der Waals surface area contributed by atoms with Gasteiger partial charge in [0.05, 0.1) is 19.5 Å². The molecule has 11 heteroatoms. The van der Waals surface area contributed by atoms with E-state index < -0.39 is 18.1 Å². The van der Waals surface area contributed by atoms with Crippen LogP contribution in [0.4, 0.5) is 19.0 Å². The smallest absolute Gasteiger partial charge is 0.475 e. The van der Waals surface area contributed by atoms with Crippen LogP contribution in [0.5, 0.6) is 0 Å². The maximum Gasteiger partial charge on any atom is 0.490 e. The fraction of sp³-hybridized carbons (Fsp3) is 0.625. The summed E-state index contributed by atoms with van der Waals surface area (Å²) in [5.41, 5.74) is 0.248. The van der Waals surface area contributed by atoms with E-state index in [4.69, 9.17) is 9.90 Å². The molecule has 0 saturated carbocycles. The number of aliphatic carboxylic acids is 1. The SMILES string of the molecule is COC(=O)c1cncc(N(C)CC2CCCN(C)C2)n1.O=C(O)C(F)(F)F. The molecule has 1 saturated heterocycles. The fourth-order valence-electron chi connectivity index (χ4n) is 2.65. The lowest BCUT2D eigenvalue weighted by Gasteiger charge is -2.32. The summed E-state index contributed by atoms with van der Waals surface area (Å²) in [5, 5.41) is 7.12. The number of esters is 1. The van der Waals surface area contributed by atoms with Gasteiger partial charge in [0.25, 0.3) is 0 Å². The van der Waals surface area contributed by atoms with Gasteiger partial charge in [-0.1, -0.05) is 0 Å². The maximum absolute atomic E-state index is 11.5. The molecule has 0 radical (unpaired) electrons. The summed E-state index contributed by atoms with van der Waals surface area (Å²) < 4.78 is 36.4. The largest absolute Gasteiger partial charge is 0.490 e. The van der Waals surface area contributed by atoms with Gasteiger partial charge in [-0.3, -0.25) is 4.98 Å². The molecule has 1 aliphatic rings. The van der Waals surface area contributed by atoms with Crippen LogP contribution < -0.4 is 4.90 Å². The highest BCUT2D eigenvalue weighted by molar-refractivity contribution is 5.87. The van der Waals surface area contributed by atoms with Crippen molar-refractivity contribution in [1.29, 1.82) is 0 Å². The topological polar surface area (TPSA) is 95.9 Å². The Morgan fingerprint density at radius 1 is 1.41 bits per heavy atom. The Hall–Kier alpha value is -2.43. The number of piperidine rings is 1. The van der Waals surface area contributed by atoms with Crippen molar-refractivity contribution in [3.05, 3.63) is 18.1 Å². The fourth-order valence-corrected chi connectivity index (χ4v) is 2.65. The molecule has 1 aromatic rings. The molecule has 1 aromatic heterocycles. The van der Waals surface area contributed by atoms with Crippen LogP contribution in [0.25, 0.3) is 0 Å². The number of ether oxygens (including phenoxy) is 1. The summed E-state index contributed by atoms with van der Waals surface area (Å²) in [6.45, 7) is 3.20. The molecule has 1 atom stereocenters. The lowest BCUT2D eigenvalue weighted by atomic mass is 9.98. The third kappa shape index (κ3) is 7.77. The van der Waals surface area contributed by atoms with Crippen LogP contribution in [0.3, 0.4) is 0 Å². The third-order valence-electron chi connectivity index (χ3n) is 3.90. The number of anilines is 1. The second-order valence-corrected chi connectivity index (χ2v) is 6.21. The van der Waals surface area contributed by atoms with E-state index >= 15 is 0 Å². The molecule has 2 heterocycles. The van der Waals surface area contributed by atoms with Gasteiger partial charge in [0.2, 0.25) is 0 Å². The van der Waals surface area contributed by atoms with Gasteiger partial charge in [0.1, 0.15) is 5.82 Å². The number of rotatable bonds is 4. The van der Waals surface area contributed by atoms with Crippen molar-refractivity contribution in [3.8, 4) is 0 Å². The number of hydrogen-bond donors (Lipinski definition) is 1. The molecule has 27 heavy (non-hydrogen) atoms. The predicted octanol–water partition coefficient (Wildman–Crippen LogP) is 1.67. The molecule has 1 unspecified atom stereocenters. The van der Waals surface area contributed by atoms with Crippen LogP contribution >= 0.6 is 0 Å². The number of carbonyl (C=O) groups excluding carboxylic acids is 1. The summed E-state index contributed by atoms with van der Waals surface area (Å²) in [6.07, 6.45) is 0.498. The lowest BCUT2D eigenvalue weighted by Crippen LogP contribution is -2.38. The number of aromatic nitrogens is 2. The summed E-state index contributed by atoms with van der Waals surface area (Å²) in [4.78, 5) is 33.2. The normalized spacial score (nSPS) is 17.5. The van der Waals surface area contributed by atoms with Gasteiger partial charge in [-0.2, -0.15) is 13.2 Å². The van der Waals surface area contributed by atoms with E-state index in [2.05, 4.69) is 31.6 Å². The van der Waals surface area contributed by atoms with E-state index in [1.165, 1.54) is 32.7 Å². The maximum atomic E-state index is 11.5. The van der Waals surface area contributed by atoms with Gasteiger partial charge in [0.15, 0.2) is 5.69 Å². The highest BCUT2D eigenvalue weighted by Crippen LogP contribution is 2.18. The Morgan fingerprint density at radius 2 is 2.04 bits per heavy atom. The average molecular weight is 392 g/mol. The standard InChI is InChI=1S/C14H22N4O2.C2HF3O2/c1-17-6-4-5-11(9-17)10-18(2)13-8-15-7-12(16-13)14(19)20-3;3-2(4,5)1(6)7/h7-8,11H,4-6,9-10H2,1-3H3;(H,6,7). The van der Waals surface area contributed by atoms with Crippen molar-refractivity contribution in [1.82, 2.24) is 14.9 Å². The minimum absolute atomic E-state index is 0.248. The predicted molar refractivity (Wildman–Crippen MR) is 90.6 cm³/mol. The monoisotopic (exact) mass is 392 g/mol. The van der Waals surface area contributed by atoms with Gasteiger partial charge in [-0.05, 0) is 32.4 Å². The highest BCUT2D eigenvalue weighted by Gasteiger charge is 2.38. The van der Waals surface area contributed by atoms with Gasteiger partial charge in [0, 0.05) is 20.1 Å². The molecule has 1 N–H and O–H groups in total. The Morgan fingerprint density at radius 3 is 2.56 bits per heavy atom. The summed E-state index contributed by atoms with van der Waals surface area (Å²) in [6, 6.07) is 0. The summed E-state index contributed by atoms with van der Waals surface area (Å²) in [5.74, 6) is -1.87. The van der Waals surface area contributed by atoms with Crippen molar-refractivity contribution < 1.29 is 32.6 Å². The Kier molecular flexibility index (Phi) is 8.41. The van der Waals surface area contributed by atoms with Crippen LogP contribution in [-0.4, -0.2) is 78.9 Å². The molecule has 2 rings (SSSR count). The summed E-state index contributed by atoms with van der Waals surface area (Å²) in [7, 11) is 5.49. The molecule has 0 bridgehead atoms. The minimum Gasteiger partial charge on any atom is -0.475 e. The molecular weight excluding hydrogens is 369 g/mol. The van der Waals surface area contributed by atoms with Crippen molar-refractivity contribution in [2.24, 2.45) is 5.92 Å². The van der Waals surface area contributed by atoms with Crippen LogP contribution in [-0.2, 0) is 9.53 Å². The molecule has 0 spiro atoms. The average Bonchev–Trinajstić information content (AvgIpc) is 2.61. The second kappa shape index (κ2) is 10.0. The Balaban J connectivity index is 0.000000445. The number of halogens is 3. The minimum atomic E-state index is -5.08. The van der Waals surface area contributed by atoms with Crippen molar-refractivity contribution >= 4 is 17.8 Å². The molecule has 0 amide bonds. The third-order valence-corrected chi connectivity index (χ3v) is 3.90.